The molecule has 0 spiro atoms. The number of benzene rings is 3. The Labute approximate surface area is 228 Å². The molecule has 0 aliphatic carbocycles. The Hall–Kier alpha value is -2.46. The molecule has 0 saturated carbocycles. The van der Waals surface area contributed by atoms with Crippen molar-refractivity contribution in [3.63, 3.8) is 0 Å². The van der Waals surface area contributed by atoms with Crippen LogP contribution in [0.1, 0.15) is 23.1 Å². The van der Waals surface area contributed by atoms with Crippen molar-refractivity contribution in [3.05, 3.63) is 98.2 Å². The van der Waals surface area contributed by atoms with Crippen molar-refractivity contribution in [3.8, 4) is 0 Å². The van der Waals surface area contributed by atoms with Crippen molar-refractivity contribution >= 4 is 58.2 Å². The van der Waals surface area contributed by atoms with Crippen LogP contribution in [0.3, 0.4) is 0 Å². The first-order valence-electron chi connectivity index (χ1n) is 10.7. The van der Waals surface area contributed by atoms with E-state index in [1.807, 2.05) is 0 Å². The minimum absolute atomic E-state index is 0.00425. The minimum atomic E-state index is -4.82. The third-order valence-electron chi connectivity index (χ3n) is 5.57. The molecular weight excluding hydrogens is 575 g/mol. The van der Waals surface area contributed by atoms with E-state index in [9.17, 15) is 22.4 Å². The smallest absolute Gasteiger partial charge is 0.374 e. The molecule has 1 heterocycles. The Morgan fingerprint density at radius 3 is 2.41 bits per heavy atom. The van der Waals surface area contributed by atoms with Crippen molar-refractivity contribution in [1.29, 1.82) is 0 Å². The third-order valence-corrected chi connectivity index (χ3v) is 7.51. The first kappa shape index (κ1) is 27.6. The molecule has 4 rings (SSSR count). The van der Waals surface area contributed by atoms with Gasteiger partial charge in [0.2, 0.25) is 5.91 Å². The van der Waals surface area contributed by atoms with E-state index in [0.29, 0.717) is 16.0 Å². The van der Waals surface area contributed by atoms with Crippen LogP contribution in [-0.4, -0.2) is 23.5 Å². The van der Waals surface area contributed by atoms with Gasteiger partial charge in [-0.25, -0.2) is 4.39 Å². The fourth-order valence-corrected chi connectivity index (χ4v) is 5.29. The van der Waals surface area contributed by atoms with E-state index < -0.39 is 24.0 Å². The molecule has 0 fully saturated rings. The summed E-state index contributed by atoms with van der Waals surface area (Å²) in [5, 5.41) is 6.64. The van der Waals surface area contributed by atoms with Gasteiger partial charge in [0.25, 0.3) is 5.60 Å². The maximum Gasteiger partial charge on any atom is 0.435 e. The highest BCUT2D eigenvalue weighted by Gasteiger charge is 2.62. The second-order valence-corrected chi connectivity index (χ2v) is 10.4. The number of thioether (sulfide) groups is 1. The van der Waals surface area contributed by atoms with E-state index in [2.05, 4.69) is 10.5 Å². The highest BCUT2D eigenvalue weighted by Crippen LogP contribution is 2.50. The summed E-state index contributed by atoms with van der Waals surface area (Å²) in [6.07, 6.45) is -5.43. The van der Waals surface area contributed by atoms with Gasteiger partial charge in [0.15, 0.2) is 0 Å². The lowest BCUT2D eigenvalue weighted by Gasteiger charge is -2.29. The number of carbonyl (C=O) groups excluding carboxylic acids is 1. The standard InChI is InChI=1S/C25H17Cl3F4N2O2S/c26-17-8-16(9-18(27)10-17)24(25(30,31)32)11-21(34-36-24)14-5-6-22(19(28)7-14)37-13-23(35)33-12-15-3-1-2-4-20(15)29/h1-10H,11-13H2,(H,33,35). The molecule has 3 aromatic rings. The molecule has 0 aromatic heterocycles. The summed E-state index contributed by atoms with van der Waals surface area (Å²) in [7, 11) is 0. The molecule has 0 bridgehead atoms. The van der Waals surface area contributed by atoms with Gasteiger partial charge in [-0.05, 0) is 36.4 Å². The second kappa shape index (κ2) is 11.1. The predicted octanol–water partition coefficient (Wildman–Crippen LogP) is 7.78. The minimum Gasteiger partial charge on any atom is -0.374 e. The number of rotatable bonds is 7. The van der Waals surface area contributed by atoms with Gasteiger partial charge in [-0.1, -0.05) is 64.2 Å². The van der Waals surface area contributed by atoms with Gasteiger partial charge >= 0.3 is 6.18 Å². The zero-order valence-electron chi connectivity index (χ0n) is 18.7. The van der Waals surface area contributed by atoms with Crippen LogP contribution in [0.25, 0.3) is 0 Å². The van der Waals surface area contributed by atoms with E-state index in [4.69, 9.17) is 39.6 Å². The van der Waals surface area contributed by atoms with Gasteiger partial charge in [0.05, 0.1) is 16.5 Å². The molecule has 1 amide bonds. The van der Waals surface area contributed by atoms with Crippen LogP contribution in [0.4, 0.5) is 17.6 Å². The Bertz CT molecular complexity index is 1350. The number of halogens is 7. The molecule has 0 radical (unpaired) electrons. The van der Waals surface area contributed by atoms with E-state index in [1.165, 1.54) is 18.2 Å². The summed E-state index contributed by atoms with van der Waals surface area (Å²) in [6, 6.07) is 14.3. The van der Waals surface area contributed by atoms with Gasteiger partial charge in [-0.3, -0.25) is 4.79 Å². The van der Waals surface area contributed by atoms with Gasteiger partial charge in [-0.2, -0.15) is 13.2 Å². The predicted molar refractivity (Wildman–Crippen MR) is 137 cm³/mol. The lowest BCUT2D eigenvalue weighted by Crippen LogP contribution is -2.42. The maximum atomic E-state index is 14.2. The Kier molecular flexibility index (Phi) is 8.28. The highest BCUT2D eigenvalue weighted by atomic mass is 35.5. The molecule has 37 heavy (non-hydrogen) atoms. The second-order valence-electron chi connectivity index (χ2n) is 8.09. The van der Waals surface area contributed by atoms with Crippen LogP contribution >= 0.6 is 46.6 Å². The average molecular weight is 592 g/mol. The summed E-state index contributed by atoms with van der Waals surface area (Å²) in [5.74, 6) is -0.748. The zero-order chi connectivity index (χ0) is 26.8. The molecule has 1 atom stereocenters. The van der Waals surface area contributed by atoms with Crippen molar-refractivity contribution in [2.45, 2.75) is 29.6 Å². The van der Waals surface area contributed by atoms with Gasteiger partial charge < -0.3 is 10.2 Å². The van der Waals surface area contributed by atoms with E-state index >= 15 is 0 Å². The number of nitrogens with one attached hydrogen (secondary N) is 1. The summed E-state index contributed by atoms with van der Waals surface area (Å²) < 4.78 is 56.3. The van der Waals surface area contributed by atoms with Crippen LogP contribution in [-0.2, 0) is 21.8 Å². The van der Waals surface area contributed by atoms with E-state index in [1.54, 1.807) is 30.3 Å². The van der Waals surface area contributed by atoms with E-state index in [-0.39, 0.29) is 44.5 Å². The number of alkyl halides is 3. The Morgan fingerprint density at radius 1 is 1.05 bits per heavy atom. The van der Waals surface area contributed by atoms with Crippen molar-refractivity contribution in [1.82, 2.24) is 5.32 Å². The number of amides is 1. The van der Waals surface area contributed by atoms with Gasteiger partial charge in [0.1, 0.15) is 5.82 Å². The molecule has 1 unspecified atom stereocenters. The molecule has 1 aliphatic heterocycles. The maximum absolute atomic E-state index is 14.2. The average Bonchev–Trinajstić information content (AvgIpc) is 3.29. The monoisotopic (exact) mass is 590 g/mol. The SMILES string of the molecule is O=C(CSc1ccc(C2=NOC(c3cc(Cl)cc(Cl)c3)(C(F)(F)F)C2)cc1Cl)NCc1ccccc1F. The topological polar surface area (TPSA) is 50.7 Å². The molecule has 0 saturated heterocycles. The molecule has 12 heteroatoms. The fraction of sp³-hybridized carbons (Fsp3) is 0.200. The zero-order valence-corrected chi connectivity index (χ0v) is 21.8. The van der Waals surface area contributed by atoms with Crippen molar-refractivity contribution in [2.75, 3.05) is 5.75 Å². The van der Waals surface area contributed by atoms with Crippen molar-refractivity contribution < 1.29 is 27.2 Å². The molecule has 1 aliphatic rings. The summed E-state index contributed by atoms with van der Waals surface area (Å²) in [6.45, 7) is 0.0390. The third kappa shape index (κ3) is 6.17. The highest BCUT2D eigenvalue weighted by molar-refractivity contribution is 8.00. The quantitative estimate of drug-likeness (QED) is 0.226. The molecule has 4 nitrogen and oxygen atoms in total. The summed E-state index contributed by atoms with van der Waals surface area (Å²) >= 11 is 19.3. The Balaban J connectivity index is 1.43. The van der Waals surface area contributed by atoms with Crippen LogP contribution in [0, 0.1) is 5.82 Å². The first-order valence-corrected chi connectivity index (χ1v) is 12.8. The van der Waals surface area contributed by atoms with Crippen LogP contribution in [0.15, 0.2) is 70.7 Å². The Morgan fingerprint density at radius 2 is 1.76 bits per heavy atom. The summed E-state index contributed by atoms with van der Waals surface area (Å²) in [4.78, 5) is 17.7. The largest absolute Gasteiger partial charge is 0.435 e. The summed E-state index contributed by atoms with van der Waals surface area (Å²) in [5.41, 5.74) is -2.30. The first-order chi connectivity index (χ1) is 17.5. The van der Waals surface area contributed by atoms with E-state index in [0.717, 1.165) is 23.9 Å². The number of oxime groups is 1. The number of hydrogen-bond donors (Lipinski definition) is 1. The molecule has 3 aromatic carbocycles. The lowest BCUT2D eigenvalue weighted by molar-refractivity contribution is -0.275. The molecule has 1 N–H and O–H groups in total. The number of carbonyl (C=O) groups is 1. The van der Waals surface area contributed by atoms with Gasteiger partial charge in [0, 0.05) is 44.6 Å². The molecular formula is C25H17Cl3F4N2O2S. The normalized spacial score (nSPS) is 17.3. The van der Waals surface area contributed by atoms with Gasteiger partial charge in [-0.15, -0.1) is 11.8 Å². The number of hydrogen-bond acceptors (Lipinski definition) is 4. The van der Waals surface area contributed by atoms with Crippen molar-refractivity contribution in [2.24, 2.45) is 5.16 Å². The van der Waals surface area contributed by atoms with Crippen LogP contribution in [0.5, 0.6) is 0 Å². The molecule has 194 valence electrons. The van der Waals surface area contributed by atoms with Crippen LogP contribution < -0.4 is 5.32 Å². The fourth-order valence-electron chi connectivity index (χ4n) is 3.67. The lowest BCUT2D eigenvalue weighted by atomic mass is 9.86. The number of nitrogens with zero attached hydrogens (tertiary/aromatic N) is 1. The van der Waals surface area contributed by atoms with Crippen LogP contribution in [0.2, 0.25) is 15.1 Å².